The van der Waals surface area contributed by atoms with Gasteiger partial charge >= 0.3 is 5.97 Å². The van der Waals surface area contributed by atoms with Crippen LogP contribution in [0, 0.1) is 12.8 Å². The predicted octanol–water partition coefficient (Wildman–Crippen LogP) is 7.24. The van der Waals surface area contributed by atoms with Crippen LogP contribution < -0.4 is 9.64 Å². The fourth-order valence-electron chi connectivity index (χ4n) is 6.36. The fraction of sp³-hybridized carbons (Fsp3) is 0.455. The average Bonchev–Trinajstić information content (AvgIpc) is 3.39. The van der Waals surface area contributed by atoms with Gasteiger partial charge in [-0.1, -0.05) is 30.6 Å². The molecule has 1 aliphatic heterocycles. The second-order valence-corrected chi connectivity index (χ2v) is 13.4. The van der Waals surface area contributed by atoms with Crippen LogP contribution in [0.3, 0.4) is 0 Å². The Morgan fingerprint density at radius 1 is 1.17 bits per heavy atom. The molecule has 1 saturated carbocycles. The lowest BCUT2D eigenvalue weighted by molar-refractivity contribution is -0.160. The van der Waals surface area contributed by atoms with Crippen molar-refractivity contribution in [2.45, 2.75) is 77.9 Å². The van der Waals surface area contributed by atoms with Crippen molar-refractivity contribution >= 4 is 49.5 Å². The summed E-state index contributed by atoms with van der Waals surface area (Å²) in [5.74, 6) is -0.194. The number of carbonyl (C=O) groups is 2. The van der Waals surface area contributed by atoms with Gasteiger partial charge in [-0.05, 0) is 75.9 Å². The number of amides is 1. The molecular weight excluding hydrogens is 550 g/mol. The molecule has 0 spiro atoms. The van der Waals surface area contributed by atoms with E-state index in [4.69, 9.17) is 19.4 Å². The molecule has 1 aliphatic carbocycles. The molecule has 220 valence electrons. The van der Waals surface area contributed by atoms with Gasteiger partial charge < -0.3 is 14.6 Å². The molecule has 0 unspecified atom stereocenters. The molecule has 42 heavy (non-hydrogen) atoms. The Balaban J connectivity index is 1.61. The van der Waals surface area contributed by atoms with E-state index < -0.39 is 17.7 Å². The predicted molar refractivity (Wildman–Crippen MR) is 165 cm³/mol. The van der Waals surface area contributed by atoms with E-state index in [9.17, 15) is 14.7 Å². The van der Waals surface area contributed by atoms with Crippen LogP contribution in [-0.4, -0.2) is 46.2 Å². The Kier molecular flexibility index (Phi) is 7.43. The lowest BCUT2D eigenvalue weighted by Crippen LogP contribution is -2.33. The maximum atomic E-state index is 13.5. The molecular formula is C33H37N3O5S. The van der Waals surface area contributed by atoms with Crippen molar-refractivity contribution in [2.75, 3.05) is 18.6 Å². The molecule has 1 N–H and O–H groups in total. The molecule has 1 fully saturated rings. The van der Waals surface area contributed by atoms with Crippen molar-refractivity contribution in [3.63, 3.8) is 0 Å². The number of pyridine rings is 1. The van der Waals surface area contributed by atoms with E-state index in [2.05, 4.69) is 0 Å². The summed E-state index contributed by atoms with van der Waals surface area (Å²) in [5.41, 5.74) is 4.75. The zero-order chi connectivity index (χ0) is 29.8. The molecule has 8 nitrogen and oxygen atoms in total. The first kappa shape index (κ1) is 28.6. The normalized spacial score (nSPS) is 16.4. The average molecular weight is 588 g/mol. The molecule has 9 heteroatoms. The third kappa shape index (κ3) is 5.13. The molecule has 0 bridgehead atoms. The van der Waals surface area contributed by atoms with Gasteiger partial charge in [-0.2, -0.15) is 0 Å². The van der Waals surface area contributed by atoms with E-state index in [-0.39, 0.29) is 11.8 Å². The summed E-state index contributed by atoms with van der Waals surface area (Å²) >= 11 is 1.41. The van der Waals surface area contributed by atoms with E-state index in [0.717, 1.165) is 75.7 Å². The van der Waals surface area contributed by atoms with Crippen molar-refractivity contribution in [2.24, 2.45) is 5.92 Å². The van der Waals surface area contributed by atoms with Gasteiger partial charge in [-0.15, -0.1) is 0 Å². The molecule has 0 saturated heterocycles. The molecule has 2 aromatic heterocycles. The Morgan fingerprint density at radius 3 is 2.64 bits per heavy atom. The van der Waals surface area contributed by atoms with Crippen LogP contribution in [-0.2, 0) is 20.7 Å². The van der Waals surface area contributed by atoms with Crippen LogP contribution in [0.5, 0.6) is 5.75 Å². The fourth-order valence-corrected chi connectivity index (χ4v) is 7.44. The van der Waals surface area contributed by atoms with Crippen molar-refractivity contribution in [3.8, 4) is 16.9 Å². The summed E-state index contributed by atoms with van der Waals surface area (Å²) in [4.78, 5) is 37.7. The van der Waals surface area contributed by atoms with E-state index in [1.165, 1.54) is 17.8 Å². The minimum absolute atomic E-state index is 0.00811. The third-order valence-corrected chi connectivity index (χ3v) is 9.45. The number of fused-ring (bicyclic) bond motifs is 1. The van der Waals surface area contributed by atoms with Gasteiger partial charge in [0.1, 0.15) is 5.75 Å². The number of aliphatic carboxylic acids is 1. The first-order valence-electron chi connectivity index (χ1n) is 14.7. The molecule has 6 rings (SSSR count). The van der Waals surface area contributed by atoms with Gasteiger partial charge in [0.2, 0.25) is 5.91 Å². The summed E-state index contributed by atoms with van der Waals surface area (Å²) in [5, 5.41) is 12.0. The number of ether oxygens (including phenoxy) is 2. The number of rotatable bonds is 6. The number of benzene rings is 2. The maximum Gasteiger partial charge on any atom is 0.337 e. The molecule has 2 aromatic carbocycles. The summed E-state index contributed by atoms with van der Waals surface area (Å²) < 4.78 is 13.0. The highest BCUT2D eigenvalue weighted by Crippen LogP contribution is 2.47. The molecule has 0 radical (unpaired) electrons. The van der Waals surface area contributed by atoms with E-state index in [1.807, 2.05) is 52.0 Å². The highest BCUT2D eigenvalue weighted by molar-refractivity contribution is 7.23. The van der Waals surface area contributed by atoms with Gasteiger partial charge in [0.15, 0.2) is 11.2 Å². The molecule has 4 aromatic rings. The summed E-state index contributed by atoms with van der Waals surface area (Å²) in [6.45, 7) is 8.07. The van der Waals surface area contributed by atoms with Crippen LogP contribution in [0.1, 0.15) is 75.7 Å². The number of thiazole rings is 1. The van der Waals surface area contributed by atoms with Crippen LogP contribution in [0.15, 0.2) is 30.5 Å². The molecule has 2 aliphatic rings. The van der Waals surface area contributed by atoms with Crippen LogP contribution in [0.25, 0.3) is 32.2 Å². The SMILES string of the molecule is Cc1cc2nc(N(C)C(=O)C3CCCCC3)sc2c(-c2ccc3c4c(ccnc24)CCO3)c1[C@H](OC(C)(C)C)C(=O)O. The third-order valence-electron chi connectivity index (χ3n) is 8.28. The van der Waals surface area contributed by atoms with Crippen molar-refractivity contribution in [1.82, 2.24) is 9.97 Å². The second kappa shape index (κ2) is 10.9. The Morgan fingerprint density at radius 2 is 1.93 bits per heavy atom. The number of anilines is 1. The lowest BCUT2D eigenvalue weighted by atomic mass is 9.88. The number of hydrogen-bond acceptors (Lipinski definition) is 7. The van der Waals surface area contributed by atoms with Crippen molar-refractivity contribution in [3.05, 3.63) is 47.2 Å². The Hall–Kier alpha value is -3.56. The van der Waals surface area contributed by atoms with E-state index >= 15 is 0 Å². The van der Waals surface area contributed by atoms with Crippen LogP contribution in [0.4, 0.5) is 5.13 Å². The smallest absolute Gasteiger partial charge is 0.337 e. The van der Waals surface area contributed by atoms with Gasteiger partial charge in [0.05, 0.1) is 27.9 Å². The van der Waals surface area contributed by atoms with Gasteiger partial charge in [0, 0.05) is 47.7 Å². The number of carboxylic acids is 1. The standard InChI is InChI=1S/C33H37N3O5S/c1-18-17-22-29(42-32(35-22)36(5)30(37)20-9-7-6-8-10-20)26(24(18)28(31(38)39)41-33(2,3)4)21-11-12-23-25-19(14-16-40-23)13-15-34-27(21)25/h11-13,15,17,20,28H,6-10,14,16H2,1-5H3,(H,38,39)/t28-/m0/s1. The van der Waals surface area contributed by atoms with Gasteiger partial charge in [-0.3, -0.25) is 14.7 Å². The van der Waals surface area contributed by atoms with Crippen LogP contribution >= 0.6 is 11.3 Å². The molecule has 3 heterocycles. The lowest BCUT2D eigenvalue weighted by Gasteiger charge is -2.28. The minimum atomic E-state index is -1.22. The summed E-state index contributed by atoms with van der Waals surface area (Å²) in [6.07, 6.45) is 6.48. The Labute approximate surface area is 249 Å². The number of carboxylic acid groups (broad SMARTS) is 1. The number of aryl methyl sites for hydroxylation is 1. The molecule has 1 atom stereocenters. The first-order chi connectivity index (χ1) is 20.0. The monoisotopic (exact) mass is 587 g/mol. The van der Waals surface area contributed by atoms with Gasteiger partial charge in [-0.25, -0.2) is 9.78 Å². The van der Waals surface area contributed by atoms with E-state index in [0.29, 0.717) is 22.8 Å². The second-order valence-electron chi connectivity index (χ2n) is 12.4. The zero-order valence-corrected chi connectivity index (χ0v) is 25.6. The zero-order valence-electron chi connectivity index (χ0n) is 24.8. The van der Waals surface area contributed by atoms with E-state index in [1.54, 1.807) is 18.1 Å². The number of nitrogens with zero attached hydrogens (tertiary/aromatic N) is 3. The largest absolute Gasteiger partial charge is 0.493 e. The topological polar surface area (TPSA) is 102 Å². The minimum Gasteiger partial charge on any atom is -0.493 e. The highest BCUT2D eigenvalue weighted by Gasteiger charge is 2.34. The summed E-state index contributed by atoms with van der Waals surface area (Å²) in [6, 6.07) is 7.84. The summed E-state index contributed by atoms with van der Waals surface area (Å²) in [7, 11) is 1.80. The van der Waals surface area contributed by atoms with Crippen molar-refractivity contribution in [1.29, 1.82) is 0 Å². The van der Waals surface area contributed by atoms with Crippen LogP contribution in [0.2, 0.25) is 0 Å². The first-order valence-corrected chi connectivity index (χ1v) is 15.5. The maximum absolute atomic E-state index is 13.5. The van der Waals surface area contributed by atoms with Crippen molar-refractivity contribution < 1.29 is 24.2 Å². The number of hydrogen-bond donors (Lipinski definition) is 1. The number of carbonyl (C=O) groups excluding carboxylic acids is 1. The number of aromatic nitrogens is 2. The van der Waals surface area contributed by atoms with Gasteiger partial charge in [0.25, 0.3) is 0 Å². The highest BCUT2D eigenvalue weighted by atomic mass is 32.1. The quantitative estimate of drug-likeness (QED) is 0.254. The Bertz CT molecular complexity index is 1690. The molecule has 1 amide bonds.